The quantitative estimate of drug-likeness (QED) is 0.717. The molecule has 0 bridgehead atoms. The van der Waals surface area contributed by atoms with Crippen molar-refractivity contribution < 1.29 is 4.79 Å². The zero-order valence-corrected chi connectivity index (χ0v) is 12.2. The molecule has 1 amide bonds. The Labute approximate surface area is 117 Å². The monoisotopic (exact) mass is 264 g/mol. The number of carbonyl (C=O) groups excluding carboxylic acids is 1. The lowest BCUT2D eigenvalue weighted by Gasteiger charge is -2.27. The van der Waals surface area contributed by atoms with Crippen LogP contribution >= 0.6 is 0 Å². The van der Waals surface area contributed by atoms with Gasteiger partial charge in [0.2, 0.25) is 5.91 Å². The number of hydrogen-bond donors (Lipinski definition) is 1. The molecule has 108 valence electrons. The van der Waals surface area contributed by atoms with E-state index in [1.54, 1.807) is 0 Å². The Morgan fingerprint density at radius 3 is 2.95 bits per heavy atom. The third-order valence-electron chi connectivity index (χ3n) is 4.29. The van der Waals surface area contributed by atoms with Gasteiger partial charge in [-0.1, -0.05) is 25.5 Å². The van der Waals surface area contributed by atoms with Crippen LogP contribution in [-0.4, -0.2) is 36.5 Å². The van der Waals surface area contributed by atoms with Gasteiger partial charge in [-0.05, 0) is 44.6 Å². The number of unbranched alkanes of at least 4 members (excludes halogenated alkanes) is 1. The van der Waals surface area contributed by atoms with Crippen molar-refractivity contribution in [2.24, 2.45) is 5.92 Å². The Hall–Kier alpha value is -0.830. The van der Waals surface area contributed by atoms with Crippen molar-refractivity contribution >= 4 is 5.91 Å². The van der Waals surface area contributed by atoms with Crippen LogP contribution in [-0.2, 0) is 4.79 Å². The third-order valence-corrected chi connectivity index (χ3v) is 4.29. The smallest absolute Gasteiger partial charge is 0.223 e. The molecule has 0 radical (unpaired) electrons. The summed E-state index contributed by atoms with van der Waals surface area (Å²) in [7, 11) is 0. The van der Waals surface area contributed by atoms with Crippen LogP contribution in [0.1, 0.15) is 51.9 Å². The second-order valence-electron chi connectivity index (χ2n) is 5.96. The van der Waals surface area contributed by atoms with E-state index in [9.17, 15) is 4.79 Å². The third kappa shape index (κ3) is 4.64. The van der Waals surface area contributed by atoms with E-state index in [-0.39, 0.29) is 0 Å². The molecule has 1 fully saturated rings. The zero-order valence-electron chi connectivity index (χ0n) is 12.2. The maximum absolute atomic E-state index is 12.5. The molecule has 1 N–H and O–H groups in total. The van der Waals surface area contributed by atoms with Crippen LogP contribution in [0, 0.1) is 5.92 Å². The summed E-state index contributed by atoms with van der Waals surface area (Å²) in [6, 6.07) is 0.528. The molecule has 2 atom stereocenters. The summed E-state index contributed by atoms with van der Waals surface area (Å²) in [4.78, 5) is 14.6. The Morgan fingerprint density at radius 1 is 1.42 bits per heavy atom. The number of allylic oxidation sites excluding steroid dienone is 2. The largest absolute Gasteiger partial charge is 0.341 e. The lowest BCUT2D eigenvalue weighted by atomic mass is 10.0. The van der Waals surface area contributed by atoms with Gasteiger partial charge in [0.25, 0.3) is 0 Å². The van der Waals surface area contributed by atoms with E-state index in [1.807, 2.05) is 0 Å². The molecule has 0 aromatic heterocycles. The lowest BCUT2D eigenvalue weighted by Crippen LogP contribution is -2.42. The first-order chi connectivity index (χ1) is 9.29. The summed E-state index contributed by atoms with van der Waals surface area (Å²) < 4.78 is 0. The van der Waals surface area contributed by atoms with Crippen molar-refractivity contribution in [2.75, 3.05) is 19.6 Å². The maximum Gasteiger partial charge on any atom is 0.223 e. The summed E-state index contributed by atoms with van der Waals surface area (Å²) in [5.41, 5.74) is 0. The van der Waals surface area contributed by atoms with E-state index < -0.39 is 0 Å². The normalized spacial score (nSPS) is 25.9. The highest BCUT2D eigenvalue weighted by molar-refractivity contribution is 5.76. The van der Waals surface area contributed by atoms with Gasteiger partial charge in [-0.2, -0.15) is 0 Å². The molecule has 3 nitrogen and oxygen atoms in total. The van der Waals surface area contributed by atoms with E-state index in [4.69, 9.17) is 0 Å². The topological polar surface area (TPSA) is 32.3 Å². The molecule has 1 aliphatic carbocycles. The Kier molecular flexibility index (Phi) is 5.90. The van der Waals surface area contributed by atoms with Crippen molar-refractivity contribution in [1.29, 1.82) is 0 Å². The SMILES string of the molecule is CCCCN(CC1CCCN1)C(=O)CC1C=CCC1. The van der Waals surface area contributed by atoms with Crippen molar-refractivity contribution in [3.63, 3.8) is 0 Å². The second kappa shape index (κ2) is 7.68. The average Bonchev–Trinajstić information content (AvgIpc) is 3.07. The van der Waals surface area contributed by atoms with Crippen molar-refractivity contribution in [2.45, 2.75) is 57.9 Å². The van der Waals surface area contributed by atoms with Crippen LogP contribution in [0.25, 0.3) is 0 Å². The van der Waals surface area contributed by atoms with Crippen LogP contribution in [0.4, 0.5) is 0 Å². The number of nitrogens with one attached hydrogen (secondary N) is 1. The van der Waals surface area contributed by atoms with E-state index in [2.05, 4.69) is 29.3 Å². The minimum Gasteiger partial charge on any atom is -0.341 e. The van der Waals surface area contributed by atoms with E-state index in [0.29, 0.717) is 24.3 Å². The van der Waals surface area contributed by atoms with Gasteiger partial charge in [0.15, 0.2) is 0 Å². The number of rotatable bonds is 7. The molecular formula is C16H28N2O. The summed E-state index contributed by atoms with van der Waals surface area (Å²) in [6.07, 6.45) is 12.2. The fourth-order valence-electron chi connectivity index (χ4n) is 3.06. The first-order valence-electron chi connectivity index (χ1n) is 7.97. The molecule has 19 heavy (non-hydrogen) atoms. The predicted molar refractivity (Wildman–Crippen MR) is 79.0 cm³/mol. The molecule has 0 aromatic rings. The fourth-order valence-corrected chi connectivity index (χ4v) is 3.06. The van der Waals surface area contributed by atoms with Crippen molar-refractivity contribution in [3.05, 3.63) is 12.2 Å². The lowest BCUT2D eigenvalue weighted by molar-refractivity contribution is -0.132. The van der Waals surface area contributed by atoms with Crippen LogP contribution in [0.3, 0.4) is 0 Å². The molecule has 1 saturated heterocycles. The highest BCUT2D eigenvalue weighted by atomic mass is 16.2. The van der Waals surface area contributed by atoms with Gasteiger partial charge in [-0.15, -0.1) is 0 Å². The molecule has 2 rings (SSSR count). The van der Waals surface area contributed by atoms with E-state index in [0.717, 1.165) is 45.3 Å². The molecule has 0 saturated carbocycles. The van der Waals surface area contributed by atoms with Crippen LogP contribution in [0.5, 0.6) is 0 Å². The summed E-state index contributed by atoms with van der Waals surface area (Å²) >= 11 is 0. The minimum absolute atomic E-state index is 0.360. The molecule has 0 spiro atoms. The zero-order chi connectivity index (χ0) is 13.5. The standard InChI is InChI=1S/C16H28N2O/c1-2-3-11-18(13-15-9-6-10-17-15)16(19)12-14-7-4-5-8-14/h4,7,14-15,17H,2-3,5-6,8-13H2,1H3. The Balaban J connectivity index is 1.83. The predicted octanol–water partition coefficient (Wildman–Crippen LogP) is 2.72. The molecule has 2 aliphatic rings. The number of nitrogens with zero attached hydrogens (tertiary/aromatic N) is 1. The van der Waals surface area contributed by atoms with E-state index >= 15 is 0 Å². The Morgan fingerprint density at radius 2 is 2.32 bits per heavy atom. The molecule has 2 unspecified atom stereocenters. The summed E-state index contributed by atoms with van der Waals surface area (Å²) in [5.74, 6) is 0.854. The van der Waals surface area contributed by atoms with E-state index in [1.165, 1.54) is 12.8 Å². The van der Waals surface area contributed by atoms with Crippen molar-refractivity contribution in [1.82, 2.24) is 10.2 Å². The Bertz CT molecular complexity index is 308. The number of amides is 1. The highest BCUT2D eigenvalue weighted by Crippen LogP contribution is 2.21. The van der Waals surface area contributed by atoms with Gasteiger partial charge in [0.1, 0.15) is 0 Å². The first kappa shape index (κ1) is 14.6. The van der Waals surface area contributed by atoms with Gasteiger partial charge in [0, 0.05) is 25.6 Å². The highest BCUT2D eigenvalue weighted by Gasteiger charge is 2.23. The molecule has 1 heterocycles. The summed E-state index contributed by atoms with van der Waals surface area (Å²) in [6.45, 7) is 5.15. The molecular weight excluding hydrogens is 236 g/mol. The van der Waals surface area contributed by atoms with Gasteiger partial charge in [0.05, 0.1) is 0 Å². The molecule has 1 aliphatic heterocycles. The first-order valence-corrected chi connectivity index (χ1v) is 7.97. The van der Waals surface area contributed by atoms with Crippen LogP contribution in [0.15, 0.2) is 12.2 Å². The molecule has 3 heteroatoms. The number of carbonyl (C=O) groups is 1. The fraction of sp³-hybridized carbons (Fsp3) is 0.812. The summed E-state index contributed by atoms with van der Waals surface area (Å²) in [5, 5.41) is 3.50. The van der Waals surface area contributed by atoms with Crippen molar-refractivity contribution in [3.8, 4) is 0 Å². The van der Waals surface area contributed by atoms with Gasteiger partial charge in [-0.3, -0.25) is 4.79 Å². The van der Waals surface area contributed by atoms with Gasteiger partial charge in [-0.25, -0.2) is 0 Å². The average molecular weight is 264 g/mol. The second-order valence-corrected chi connectivity index (χ2v) is 5.96. The van der Waals surface area contributed by atoms with Crippen LogP contribution < -0.4 is 5.32 Å². The van der Waals surface area contributed by atoms with Gasteiger partial charge >= 0.3 is 0 Å². The minimum atomic E-state index is 0.360. The number of hydrogen-bond acceptors (Lipinski definition) is 2. The molecule has 0 aromatic carbocycles. The van der Waals surface area contributed by atoms with Gasteiger partial charge < -0.3 is 10.2 Å². The van der Waals surface area contributed by atoms with Crippen LogP contribution in [0.2, 0.25) is 0 Å². The maximum atomic E-state index is 12.5.